The fourth-order valence-corrected chi connectivity index (χ4v) is 4.83. The second kappa shape index (κ2) is 11.2. The first-order valence-electron chi connectivity index (χ1n) is 12.3. The smallest absolute Gasteiger partial charge is 0.329 e. The lowest BCUT2D eigenvalue weighted by Gasteiger charge is -2.30. The molecule has 3 rings (SSSR count). The number of carbonyl (C=O) groups excluding carboxylic acids is 2. The van der Waals surface area contributed by atoms with Crippen LogP contribution in [0.5, 0.6) is 0 Å². The number of rotatable bonds is 9. The van der Waals surface area contributed by atoms with Crippen LogP contribution >= 0.6 is 0 Å². The van der Waals surface area contributed by atoms with Gasteiger partial charge in [-0.15, -0.1) is 0 Å². The van der Waals surface area contributed by atoms with Crippen LogP contribution in [0.25, 0.3) is 10.8 Å². The SMILES string of the molecule is CCCC(CCC)(NC(=O)c1cc2ccccc2cc1NC(=O)Nc1c(C)cc(C)cc1C)C(=O)O. The van der Waals surface area contributed by atoms with Gasteiger partial charge >= 0.3 is 12.0 Å². The molecule has 7 nitrogen and oxygen atoms in total. The predicted molar refractivity (Wildman–Crippen MR) is 145 cm³/mol. The van der Waals surface area contributed by atoms with Crippen molar-refractivity contribution in [3.63, 3.8) is 0 Å². The predicted octanol–water partition coefficient (Wildman–Crippen LogP) is 6.56. The van der Waals surface area contributed by atoms with Gasteiger partial charge in [0.25, 0.3) is 5.91 Å². The minimum Gasteiger partial charge on any atom is -0.480 e. The Kier molecular flexibility index (Phi) is 8.35. The van der Waals surface area contributed by atoms with Crippen LogP contribution in [0, 0.1) is 20.8 Å². The largest absolute Gasteiger partial charge is 0.480 e. The van der Waals surface area contributed by atoms with E-state index in [9.17, 15) is 19.5 Å². The number of benzene rings is 3. The van der Waals surface area contributed by atoms with E-state index >= 15 is 0 Å². The average Bonchev–Trinajstić information content (AvgIpc) is 2.81. The molecular formula is C29H35N3O4. The third-order valence-electron chi connectivity index (χ3n) is 6.41. The summed E-state index contributed by atoms with van der Waals surface area (Å²) in [6.07, 6.45) is 1.83. The quantitative estimate of drug-likeness (QED) is 0.273. The molecule has 0 saturated heterocycles. The van der Waals surface area contributed by atoms with E-state index in [2.05, 4.69) is 16.0 Å². The summed E-state index contributed by atoms with van der Waals surface area (Å²) in [5.74, 6) is -1.60. The zero-order valence-corrected chi connectivity index (χ0v) is 21.6. The number of aliphatic carboxylic acids is 1. The van der Waals surface area contributed by atoms with Crippen molar-refractivity contribution in [1.29, 1.82) is 0 Å². The van der Waals surface area contributed by atoms with Crippen LogP contribution in [0.3, 0.4) is 0 Å². The van der Waals surface area contributed by atoms with Crippen LogP contribution in [-0.4, -0.2) is 28.6 Å². The van der Waals surface area contributed by atoms with Crippen molar-refractivity contribution in [3.8, 4) is 0 Å². The summed E-state index contributed by atoms with van der Waals surface area (Å²) < 4.78 is 0. The molecule has 0 fully saturated rings. The van der Waals surface area contributed by atoms with Crippen molar-refractivity contribution in [2.24, 2.45) is 0 Å². The number of amides is 3. The topological polar surface area (TPSA) is 108 Å². The number of carboxylic acid groups (broad SMARTS) is 1. The summed E-state index contributed by atoms with van der Waals surface area (Å²) in [6, 6.07) is 14.4. The van der Waals surface area contributed by atoms with Crippen LogP contribution in [0.15, 0.2) is 48.5 Å². The van der Waals surface area contributed by atoms with Gasteiger partial charge in [0.15, 0.2) is 0 Å². The van der Waals surface area contributed by atoms with E-state index in [0.29, 0.717) is 37.1 Å². The van der Waals surface area contributed by atoms with Crippen LogP contribution in [0.4, 0.5) is 16.2 Å². The molecule has 190 valence electrons. The van der Waals surface area contributed by atoms with Crippen LogP contribution in [0.1, 0.15) is 66.6 Å². The van der Waals surface area contributed by atoms with Crippen molar-refractivity contribution in [2.75, 3.05) is 10.6 Å². The molecule has 36 heavy (non-hydrogen) atoms. The van der Waals surface area contributed by atoms with E-state index in [0.717, 1.165) is 27.5 Å². The van der Waals surface area contributed by atoms with Gasteiger partial charge in [-0.2, -0.15) is 0 Å². The van der Waals surface area contributed by atoms with E-state index in [-0.39, 0.29) is 5.56 Å². The Morgan fingerprint density at radius 3 is 1.92 bits per heavy atom. The lowest BCUT2D eigenvalue weighted by Crippen LogP contribution is -2.54. The minimum absolute atomic E-state index is 0.207. The van der Waals surface area contributed by atoms with Gasteiger partial charge in [0.05, 0.1) is 11.3 Å². The molecule has 7 heteroatoms. The van der Waals surface area contributed by atoms with E-state index in [1.54, 1.807) is 12.1 Å². The number of fused-ring (bicyclic) bond motifs is 1. The summed E-state index contributed by atoms with van der Waals surface area (Å²) in [5.41, 5.74) is 2.82. The molecule has 0 aliphatic carbocycles. The van der Waals surface area contributed by atoms with Crippen molar-refractivity contribution in [2.45, 2.75) is 65.8 Å². The number of nitrogens with one attached hydrogen (secondary N) is 3. The number of carbonyl (C=O) groups is 3. The molecular weight excluding hydrogens is 454 g/mol. The van der Waals surface area contributed by atoms with Crippen molar-refractivity contribution in [3.05, 3.63) is 70.8 Å². The van der Waals surface area contributed by atoms with Crippen LogP contribution in [-0.2, 0) is 4.79 Å². The second-order valence-corrected chi connectivity index (χ2v) is 9.44. The molecule has 0 unspecified atom stereocenters. The molecule has 4 N–H and O–H groups in total. The first kappa shape index (κ1) is 26.7. The molecule has 3 amide bonds. The Balaban J connectivity index is 1.99. The second-order valence-electron chi connectivity index (χ2n) is 9.44. The summed E-state index contributed by atoms with van der Waals surface area (Å²) in [5, 5.41) is 20.2. The Morgan fingerprint density at radius 2 is 1.39 bits per heavy atom. The monoisotopic (exact) mass is 489 g/mol. The van der Waals surface area contributed by atoms with E-state index in [4.69, 9.17) is 0 Å². The maximum Gasteiger partial charge on any atom is 0.329 e. The van der Waals surface area contributed by atoms with Gasteiger partial charge in [-0.25, -0.2) is 9.59 Å². The van der Waals surface area contributed by atoms with Gasteiger partial charge in [0.2, 0.25) is 0 Å². The zero-order chi connectivity index (χ0) is 26.5. The molecule has 0 heterocycles. The number of urea groups is 1. The molecule has 0 saturated carbocycles. The van der Waals surface area contributed by atoms with Gasteiger partial charge in [0.1, 0.15) is 5.54 Å². The molecule has 0 bridgehead atoms. The number of hydrogen-bond donors (Lipinski definition) is 4. The highest BCUT2D eigenvalue weighted by Gasteiger charge is 2.39. The highest BCUT2D eigenvalue weighted by Crippen LogP contribution is 2.28. The minimum atomic E-state index is -1.37. The molecule has 0 aliphatic heterocycles. The lowest BCUT2D eigenvalue weighted by atomic mass is 9.88. The number of hydrogen-bond acceptors (Lipinski definition) is 3. The maximum atomic E-state index is 13.5. The molecule has 0 aliphatic rings. The standard InChI is InChI=1S/C29H35N3O4/c1-6-12-29(13-7-2,27(34)35)32-26(33)23-16-21-10-8-9-11-22(21)17-24(23)30-28(36)31-25-19(4)14-18(3)15-20(25)5/h8-11,14-17H,6-7,12-13H2,1-5H3,(H,32,33)(H,34,35)(H2,30,31,36). The first-order valence-corrected chi connectivity index (χ1v) is 12.3. The molecule has 0 spiro atoms. The van der Waals surface area contributed by atoms with Crippen molar-refractivity contribution >= 4 is 40.1 Å². The lowest BCUT2D eigenvalue weighted by molar-refractivity contribution is -0.145. The third-order valence-corrected chi connectivity index (χ3v) is 6.41. The fourth-order valence-electron chi connectivity index (χ4n) is 4.83. The summed E-state index contributed by atoms with van der Waals surface area (Å²) in [7, 11) is 0. The van der Waals surface area contributed by atoms with E-state index < -0.39 is 23.4 Å². The highest BCUT2D eigenvalue weighted by molar-refractivity contribution is 6.10. The molecule has 3 aromatic carbocycles. The van der Waals surface area contributed by atoms with Gasteiger partial charge in [-0.1, -0.05) is 68.7 Å². The number of carboxylic acids is 1. The fraction of sp³-hybridized carbons (Fsp3) is 0.345. The third kappa shape index (κ3) is 5.85. The summed E-state index contributed by atoms with van der Waals surface area (Å²) in [4.78, 5) is 38.8. The molecule has 0 radical (unpaired) electrons. The summed E-state index contributed by atoms with van der Waals surface area (Å²) in [6.45, 7) is 9.64. The van der Waals surface area contributed by atoms with Gasteiger partial charge in [0, 0.05) is 5.69 Å². The first-order chi connectivity index (χ1) is 17.1. The average molecular weight is 490 g/mol. The van der Waals surface area contributed by atoms with Crippen molar-refractivity contribution in [1.82, 2.24) is 5.32 Å². The van der Waals surface area contributed by atoms with Crippen LogP contribution < -0.4 is 16.0 Å². The molecule has 0 aromatic heterocycles. The Bertz CT molecular complexity index is 1270. The molecule has 3 aromatic rings. The van der Waals surface area contributed by atoms with Crippen molar-refractivity contribution < 1.29 is 19.5 Å². The van der Waals surface area contributed by atoms with Crippen LogP contribution in [0.2, 0.25) is 0 Å². The number of aryl methyl sites for hydroxylation is 3. The van der Waals surface area contributed by atoms with E-state index in [1.165, 1.54) is 0 Å². The maximum absolute atomic E-state index is 13.5. The summed E-state index contributed by atoms with van der Waals surface area (Å²) >= 11 is 0. The highest BCUT2D eigenvalue weighted by atomic mass is 16.4. The number of anilines is 2. The Hall–Kier alpha value is -3.87. The zero-order valence-electron chi connectivity index (χ0n) is 21.6. The normalized spacial score (nSPS) is 11.2. The Morgan fingerprint density at radius 1 is 0.833 bits per heavy atom. The van der Waals surface area contributed by atoms with Gasteiger partial charge in [-0.05, 0) is 67.6 Å². The van der Waals surface area contributed by atoms with E-state index in [1.807, 2.05) is 71.0 Å². The molecule has 0 atom stereocenters. The van der Waals surface area contributed by atoms with Gasteiger partial charge < -0.3 is 21.1 Å². The Labute approximate surface area is 212 Å². The van der Waals surface area contributed by atoms with Gasteiger partial charge in [-0.3, -0.25) is 4.79 Å².